The number of nitrogens with one attached hydrogen (secondary N) is 1. The van der Waals surface area contributed by atoms with Crippen LogP contribution in [0.3, 0.4) is 0 Å². The van der Waals surface area contributed by atoms with Crippen molar-refractivity contribution in [2.45, 2.75) is 12.8 Å². The molecular weight excluding hydrogens is 344 g/mol. The van der Waals surface area contributed by atoms with Crippen LogP contribution in [-0.2, 0) is 4.74 Å². The number of anilines is 3. The summed E-state index contributed by atoms with van der Waals surface area (Å²) in [6.45, 7) is 9.45. The fourth-order valence-corrected chi connectivity index (χ4v) is 3.47. The average molecular weight is 379 g/mol. The number of hydrogen-bond acceptors (Lipinski definition) is 9. The zero-order valence-electron chi connectivity index (χ0n) is 17.0. The van der Waals surface area contributed by atoms with Crippen LogP contribution in [-0.4, -0.2) is 111 Å². The first kappa shape index (κ1) is 20.0. The smallest absolute Gasteiger partial charge is 0.232 e. The molecule has 9 nitrogen and oxygen atoms in total. The molecule has 0 amide bonds. The molecule has 0 unspecified atom stereocenters. The average Bonchev–Trinajstić information content (AvgIpc) is 3.02. The van der Waals surface area contributed by atoms with Gasteiger partial charge in [-0.2, -0.15) is 15.0 Å². The maximum Gasteiger partial charge on any atom is 0.232 e. The van der Waals surface area contributed by atoms with Gasteiger partial charge in [0.25, 0.3) is 0 Å². The summed E-state index contributed by atoms with van der Waals surface area (Å²) < 4.78 is 5.15. The van der Waals surface area contributed by atoms with Gasteiger partial charge in [-0.25, -0.2) is 0 Å². The molecule has 0 aromatic carbocycles. The molecule has 1 aromatic heterocycles. The number of hydrogen-bond donors (Lipinski definition) is 1. The largest absolute Gasteiger partial charge is 0.383 e. The summed E-state index contributed by atoms with van der Waals surface area (Å²) in [6.07, 6.45) is 2.25. The van der Waals surface area contributed by atoms with Gasteiger partial charge in [0.05, 0.1) is 6.61 Å². The predicted molar refractivity (Wildman–Crippen MR) is 109 cm³/mol. The minimum Gasteiger partial charge on any atom is -0.383 e. The molecule has 2 fully saturated rings. The minimum atomic E-state index is 0.624. The van der Waals surface area contributed by atoms with Gasteiger partial charge in [-0.15, -0.1) is 0 Å². The molecule has 0 aliphatic carbocycles. The molecule has 0 radical (unpaired) electrons. The Morgan fingerprint density at radius 3 is 1.85 bits per heavy atom. The summed E-state index contributed by atoms with van der Waals surface area (Å²) in [5.41, 5.74) is 0. The second kappa shape index (κ2) is 10.0. The van der Waals surface area contributed by atoms with Crippen molar-refractivity contribution >= 4 is 17.8 Å². The van der Waals surface area contributed by atoms with E-state index in [9.17, 15) is 0 Å². The van der Waals surface area contributed by atoms with Crippen molar-refractivity contribution in [1.29, 1.82) is 0 Å². The Hall–Kier alpha value is -1.71. The van der Waals surface area contributed by atoms with Gasteiger partial charge in [0, 0.05) is 52.9 Å². The number of nitrogens with zero attached hydrogens (tertiary/aromatic N) is 7. The van der Waals surface area contributed by atoms with Crippen LogP contribution in [0.2, 0.25) is 0 Å². The van der Waals surface area contributed by atoms with Crippen LogP contribution < -0.4 is 15.1 Å². The Balaban J connectivity index is 1.81. The highest BCUT2D eigenvalue weighted by Crippen LogP contribution is 2.19. The third-order valence-corrected chi connectivity index (χ3v) is 5.21. The van der Waals surface area contributed by atoms with Crippen molar-refractivity contribution in [2.75, 3.05) is 102 Å². The standard InChI is InChI=1S/C18H34N8O/c1-23-7-4-9-25(13-11-23)17-20-16(19-6-15-27-3)21-18(22-17)26-10-5-8-24(2)12-14-26/h4-15H2,1-3H3,(H,19,20,21,22). The normalized spacial score (nSPS) is 20.4. The van der Waals surface area contributed by atoms with Gasteiger partial charge in [0.15, 0.2) is 0 Å². The summed E-state index contributed by atoms with van der Waals surface area (Å²) in [6, 6.07) is 0. The first-order valence-corrected chi connectivity index (χ1v) is 10.0. The first-order chi connectivity index (χ1) is 13.2. The van der Waals surface area contributed by atoms with Gasteiger partial charge in [-0.3, -0.25) is 0 Å². The van der Waals surface area contributed by atoms with Crippen molar-refractivity contribution < 1.29 is 4.74 Å². The monoisotopic (exact) mass is 378 g/mol. The molecule has 1 aromatic rings. The van der Waals surface area contributed by atoms with E-state index in [-0.39, 0.29) is 0 Å². The van der Waals surface area contributed by atoms with E-state index in [0.29, 0.717) is 19.1 Å². The predicted octanol–water partition coefficient (Wildman–Crippen LogP) is 0.214. The van der Waals surface area contributed by atoms with Gasteiger partial charge < -0.3 is 29.7 Å². The second-order valence-electron chi connectivity index (χ2n) is 7.47. The molecule has 152 valence electrons. The highest BCUT2D eigenvalue weighted by atomic mass is 16.5. The van der Waals surface area contributed by atoms with Crippen LogP contribution in [0.25, 0.3) is 0 Å². The molecule has 2 aliphatic heterocycles. The summed E-state index contributed by atoms with van der Waals surface area (Å²) in [4.78, 5) is 23.6. The fourth-order valence-electron chi connectivity index (χ4n) is 3.47. The zero-order valence-corrected chi connectivity index (χ0v) is 17.0. The Morgan fingerprint density at radius 2 is 1.33 bits per heavy atom. The van der Waals surface area contributed by atoms with Crippen molar-refractivity contribution in [1.82, 2.24) is 24.8 Å². The highest BCUT2D eigenvalue weighted by molar-refractivity contribution is 5.45. The molecule has 0 atom stereocenters. The van der Waals surface area contributed by atoms with Crippen LogP contribution in [0, 0.1) is 0 Å². The Morgan fingerprint density at radius 1 is 0.778 bits per heavy atom. The molecular formula is C18H34N8O. The van der Waals surface area contributed by atoms with E-state index in [1.54, 1.807) is 7.11 Å². The fraction of sp³-hybridized carbons (Fsp3) is 0.833. The third kappa shape index (κ3) is 5.88. The molecule has 3 rings (SSSR count). The van der Waals surface area contributed by atoms with Crippen molar-refractivity contribution in [3.05, 3.63) is 0 Å². The van der Waals surface area contributed by atoms with Crippen LogP contribution in [0.5, 0.6) is 0 Å². The summed E-state index contributed by atoms with van der Waals surface area (Å²) in [5.74, 6) is 2.21. The van der Waals surface area contributed by atoms with Crippen LogP contribution in [0.4, 0.5) is 17.8 Å². The lowest BCUT2D eigenvalue weighted by Crippen LogP contribution is -2.33. The van der Waals surface area contributed by atoms with Crippen molar-refractivity contribution in [3.63, 3.8) is 0 Å². The lowest BCUT2D eigenvalue weighted by Gasteiger charge is -2.25. The molecule has 1 N–H and O–H groups in total. The Kier molecular flexibility index (Phi) is 7.42. The molecule has 0 bridgehead atoms. The maximum atomic E-state index is 5.15. The highest BCUT2D eigenvalue weighted by Gasteiger charge is 2.21. The van der Waals surface area contributed by atoms with E-state index in [1.807, 2.05) is 0 Å². The van der Waals surface area contributed by atoms with Gasteiger partial charge in [0.1, 0.15) is 0 Å². The summed E-state index contributed by atoms with van der Waals surface area (Å²) >= 11 is 0. The Bertz CT molecular complexity index is 544. The first-order valence-electron chi connectivity index (χ1n) is 10.0. The maximum absolute atomic E-state index is 5.15. The molecule has 27 heavy (non-hydrogen) atoms. The molecule has 0 spiro atoms. The van der Waals surface area contributed by atoms with E-state index in [2.05, 4.69) is 39.0 Å². The molecule has 9 heteroatoms. The van der Waals surface area contributed by atoms with Gasteiger partial charge in [-0.1, -0.05) is 0 Å². The second-order valence-corrected chi connectivity index (χ2v) is 7.47. The van der Waals surface area contributed by atoms with Crippen LogP contribution in [0.1, 0.15) is 12.8 Å². The topological polar surface area (TPSA) is 72.9 Å². The number of aromatic nitrogens is 3. The minimum absolute atomic E-state index is 0.624. The van der Waals surface area contributed by atoms with Crippen molar-refractivity contribution in [3.8, 4) is 0 Å². The lowest BCUT2D eigenvalue weighted by atomic mass is 10.4. The van der Waals surface area contributed by atoms with E-state index in [1.165, 1.54) is 0 Å². The lowest BCUT2D eigenvalue weighted by molar-refractivity contribution is 0.210. The zero-order chi connectivity index (χ0) is 19.1. The van der Waals surface area contributed by atoms with E-state index in [0.717, 1.165) is 77.1 Å². The Labute approximate surface area is 162 Å². The van der Waals surface area contributed by atoms with Gasteiger partial charge in [-0.05, 0) is 40.0 Å². The SMILES string of the molecule is COCCNc1nc(N2CCCN(C)CC2)nc(N2CCCN(C)CC2)n1. The molecule has 2 saturated heterocycles. The van der Waals surface area contributed by atoms with Crippen molar-refractivity contribution in [2.24, 2.45) is 0 Å². The number of methoxy groups -OCH3 is 1. The van der Waals surface area contributed by atoms with E-state index < -0.39 is 0 Å². The third-order valence-electron chi connectivity index (χ3n) is 5.21. The molecule has 3 heterocycles. The number of likely N-dealkylation sites (N-methyl/N-ethyl adjacent to an activating group) is 2. The molecule has 2 aliphatic rings. The summed E-state index contributed by atoms with van der Waals surface area (Å²) in [5, 5.41) is 3.29. The van der Waals surface area contributed by atoms with E-state index in [4.69, 9.17) is 19.7 Å². The van der Waals surface area contributed by atoms with Gasteiger partial charge in [0.2, 0.25) is 17.8 Å². The summed E-state index contributed by atoms with van der Waals surface area (Å²) in [7, 11) is 6.05. The number of ether oxygens (including phenoxy) is 1. The van der Waals surface area contributed by atoms with Crippen LogP contribution >= 0.6 is 0 Å². The van der Waals surface area contributed by atoms with Gasteiger partial charge >= 0.3 is 0 Å². The molecule has 0 saturated carbocycles. The van der Waals surface area contributed by atoms with E-state index >= 15 is 0 Å². The number of rotatable bonds is 6. The quantitative estimate of drug-likeness (QED) is 0.700. The van der Waals surface area contributed by atoms with Crippen LogP contribution in [0.15, 0.2) is 0 Å².